The van der Waals surface area contributed by atoms with Crippen LogP contribution in [0.2, 0.25) is 0 Å². The van der Waals surface area contributed by atoms with Crippen LogP contribution in [0.4, 0.5) is 5.69 Å². The van der Waals surface area contributed by atoms with E-state index in [4.69, 9.17) is 5.73 Å². The van der Waals surface area contributed by atoms with E-state index < -0.39 is 0 Å². The molecular formula is C14H17N3OS. The maximum Gasteiger partial charge on any atom is 0.263 e. The van der Waals surface area contributed by atoms with Crippen molar-refractivity contribution >= 4 is 33.1 Å². The van der Waals surface area contributed by atoms with E-state index in [1.807, 2.05) is 12.1 Å². The predicted molar refractivity (Wildman–Crippen MR) is 78.3 cm³/mol. The number of nitrogen functional groups attached to an aromatic ring is 1. The maximum absolute atomic E-state index is 12.2. The highest BCUT2D eigenvalue weighted by atomic mass is 32.1. The molecule has 0 bridgehead atoms. The normalized spacial score (nSPS) is 20.4. The summed E-state index contributed by atoms with van der Waals surface area (Å²) in [6.45, 7) is 5.18. The van der Waals surface area contributed by atoms with Gasteiger partial charge in [-0.3, -0.25) is 4.79 Å². The molecule has 1 fully saturated rings. The molecule has 0 radical (unpaired) electrons. The van der Waals surface area contributed by atoms with Crippen LogP contribution in [0.1, 0.15) is 29.9 Å². The molecule has 1 aliphatic rings. The standard InChI is InChI=1S/C14H17N3OS/c1-14(2)6-8(14)7-17-12(18)11-10(15)9-4-3-5-16-13(9)19-11/h3-5,8H,6-7,15H2,1-2H3,(H,17,18). The van der Waals surface area contributed by atoms with Gasteiger partial charge in [0.25, 0.3) is 5.91 Å². The number of rotatable bonds is 3. The van der Waals surface area contributed by atoms with E-state index >= 15 is 0 Å². The number of pyridine rings is 1. The molecule has 2 aromatic heterocycles. The van der Waals surface area contributed by atoms with Crippen molar-refractivity contribution in [2.45, 2.75) is 20.3 Å². The summed E-state index contributed by atoms with van der Waals surface area (Å²) < 4.78 is 0. The quantitative estimate of drug-likeness (QED) is 0.905. The van der Waals surface area contributed by atoms with Crippen LogP contribution in [-0.2, 0) is 0 Å². The van der Waals surface area contributed by atoms with Gasteiger partial charge in [0.1, 0.15) is 9.71 Å². The molecule has 2 heterocycles. The molecule has 0 saturated heterocycles. The fourth-order valence-corrected chi connectivity index (χ4v) is 3.32. The Hall–Kier alpha value is -1.62. The van der Waals surface area contributed by atoms with Gasteiger partial charge in [-0.05, 0) is 29.9 Å². The lowest BCUT2D eigenvalue weighted by Crippen LogP contribution is -2.26. The van der Waals surface area contributed by atoms with E-state index in [0.29, 0.717) is 21.9 Å². The highest BCUT2D eigenvalue weighted by Gasteiger charge is 2.45. The van der Waals surface area contributed by atoms with Crippen LogP contribution in [0.3, 0.4) is 0 Å². The smallest absolute Gasteiger partial charge is 0.263 e. The number of hydrogen-bond donors (Lipinski definition) is 2. The third-order valence-electron chi connectivity index (χ3n) is 3.94. The number of amides is 1. The fraction of sp³-hybridized carbons (Fsp3) is 0.429. The van der Waals surface area contributed by atoms with E-state index in [-0.39, 0.29) is 5.91 Å². The number of anilines is 1. The molecule has 5 heteroatoms. The van der Waals surface area contributed by atoms with Crippen molar-refractivity contribution in [2.24, 2.45) is 11.3 Å². The Balaban J connectivity index is 1.76. The van der Waals surface area contributed by atoms with Crippen molar-refractivity contribution in [3.8, 4) is 0 Å². The predicted octanol–water partition coefficient (Wildman–Crippen LogP) is 2.65. The van der Waals surface area contributed by atoms with Crippen molar-refractivity contribution in [1.82, 2.24) is 10.3 Å². The van der Waals surface area contributed by atoms with Gasteiger partial charge in [0.2, 0.25) is 0 Å². The minimum Gasteiger partial charge on any atom is -0.397 e. The topological polar surface area (TPSA) is 68.0 Å². The first-order valence-corrected chi connectivity index (χ1v) is 7.22. The Bertz CT molecular complexity index is 647. The van der Waals surface area contributed by atoms with Gasteiger partial charge in [-0.1, -0.05) is 13.8 Å². The first kappa shape index (κ1) is 12.4. The van der Waals surface area contributed by atoms with Crippen LogP contribution in [0, 0.1) is 11.3 Å². The second-order valence-corrected chi connectivity index (χ2v) is 6.80. The van der Waals surface area contributed by atoms with Crippen LogP contribution in [0.25, 0.3) is 10.2 Å². The van der Waals surface area contributed by atoms with Crippen LogP contribution >= 0.6 is 11.3 Å². The Morgan fingerprint density at radius 2 is 2.37 bits per heavy atom. The van der Waals surface area contributed by atoms with Crippen LogP contribution in [0.5, 0.6) is 0 Å². The monoisotopic (exact) mass is 275 g/mol. The summed E-state index contributed by atoms with van der Waals surface area (Å²) in [7, 11) is 0. The van der Waals surface area contributed by atoms with Crippen LogP contribution < -0.4 is 11.1 Å². The SMILES string of the molecule is CC1(C)CC1CNC(=O)c1sc2ncccc2c1N. The molecule has 4 nitrogen and oxygen atoms in total. The number of nitrogens with zero attached hydrogens (tertiary/aromatic N) is 1. The van der Waals surface area contributed by atoms with Gasteiger partial charge in [-0.15, -0.1) is 11.3 Å². The molecule has 1 atom stereocenters. The molecule has 2 aromatic rings. The zero-order valence-electron chi connectivity index (χ0n) is 11.1. The largest absolute Gasteiger partial charge is 0.397 e. The highest BCUT2D eigenvalue weighted by Crippen LogP contribution is 2.51. The van der Waals surface area contributed by atoms with Gasteiger partial charge >= 0.3 is 0 Å². The van der Waals surface area contributed by atoms with E-state index in [0.717, 1.165) is 16.8 Å². The minimum atomic E-state index is -0.0804. The maximum atomic E-state index is 12.2. The Labute approximate surface area is 116 Å². The summed E-state index contributed by atoms with van der Waals surface area (Å²) in [5.41, 5.74) is 6.94. The van der Waals surface area contributed by atoms with Gasteiger partial charge in [-0.2, -0.15) is 0 Å². The third kappa shape index (κ3) is 2.18. The molecule has 0 aliphatic heterocycles. The van der Waals surface area contributed by atoms with Gasteiger partial charge in [0, 0.05) is 18.1 Å². The Morgan fingerprint density at radius 3 is 3.00 bits per heavy atom. The molecule has 1 unspecified atom stereocenters. The second kappa shape index (κ2) is 4.20. The van der Waals surface area contributed by atoms with Crippen LogP contribution in [-0.4, -0.2) is 17.4 Å². The summed E-state index contributed by atoms with van der Waals surface area (Å²) in [6.07, 6.45) is 2.89. The van der Waals surface area contributed by atoms with E-state index in [1.54, 1.807) is 6.20 Å². The molecule has 0 aromatic carbocycles. The number of aromatic nitrogens is 1. The summed E-state index contributed by atoms with van der Waals surface area (Å²) in [5.74, 6) is 0.508. The highest BCUT2D eigenvalue weighted by molar-refractivity contribution is 7.21. The first-order valence-electron chi connectivity index (χ1n) is 6.40. The number of thiophene rings is 1. The van der Waals surface area contributed by atoms with Gasteiger partial charge < -0.3 is 11.1 Å². The summed E-state index contributed by atoms with van der Waals surface area (Å²) >= 11 is 1.36. The number of carbonyl (C=O) groups excluding carboxylic acids is 1. The minimum absolute atomic E-state index is 0.0804. The average molecular weight is 275 g/mol. The van der Waals surface area contributed by atoms with Crippen molar-refractivity contribution < 1.29 is 4.79 Å². The zero-order valence-corrected chi connectivity index (χ0v) is 11.9. The molecule has 19 heavy (non-hydrogen) atoms. The molecule has 3 N–H and O–H groups in total. The molecule has 3 rings (SSSR count). The van der Waals surface area contributed by atoms with Crippen LogP contribution in [0.15, 0.2) is 18.3 Å². The summed E-state index contributed by atoms with van der Waals surface area (Å²) in [4.78, 5) is 17.8. The summed E-state index contributed by atoms with van der Waals surface area (Å²) in [6, 6.07) is 3.73. The first-order chi connectivity index (χ1) is 8.99. The molecule has 1 amide bonds. The second-order valence-electron chi connectivity index (χ2n) is 5.80. The average Bonchev–Trinajstić information content (AvgIpc) is 2.85. The Kier molecular flexibility index (Phi) is 2.74. The zero-order chi connectivity index (χ0) is 13.6. The number of nitrogens with one attached hydrogen (secondary N) is 1. The number of fused-ring (bicyclic) bond motifs is 1. The number of hydrogen-bond acceptors (Lipinski definition) is 4. The number of nitrogens with two attached hydrogens (primary N) is 1. The molecule has 1 aliphatic carbocycles. The Morgan fingerprint density at radius 1 is 1.63 bits per heavy atom. The van der Waals surface area contributed by atoms with Crippen molar-refractivity contribution in [3.63, 3.8) is 0 Å². The van der Waals surface area contributed by atoms with Gasteiger partial charge in [-0.25, -0.2) is 4.98 Å². The van der Waals surface area contributed by atoms with E-state index in [9.17, 15) is 4.79 Å². The van der Waals surface area contributed by atoms with Crippen molar-refractivity contribution in [3.05, 3.63) is 23.2 Å². The van der Waals surface area contributed by atoms with Gasteiger partial charge in [0.15, 0.2) is 0 Å². The number of carbonyl (C=O) groups is 1. The van der Waals surface area contributed by atoms with E-state index in [2.05, 4.69) is 24.1 Å². The summed E-state index contributed by atoms with van der Waals surface area (Å²) in [5, 5.41) is 3.85. The molecule has 1 saturated carbocycles. The lowest BCUT2D eigenvalue weighted by molar-refractivity contribution is 0.0955. The molecular weight excluding hydrogens is 258 g/mol. The fourth-order valence-electron chi connectivity index (χ4n) is 2.34. The van der Waals surface area contributed by atoms with E-state index in [1.165, 1.54) is 17.8 Å². The lowest BCUT2D eigenvalue weighted by atomic mass is 10.1. The lowest BCUT2D eigenvalue weighted by Gasteiger charge is -2.05. The van der Waals surface area contributed by atoms with Gasteiger partial charge in [0.05, 0.1) is 5.69 Å². The molecule has 0 spiro atoms. The van der Waals surface area contributed by atoms with Crippen molar-refractivity contribution in [1.29, 1.82) is 0 Å². The molecule has 100 valence electrons. The van der Waals surface area contributed by atoms with Crippen molar-refractivity contribution in [2.75, 3.05) is 12.3 Å². The third-order valence-corrected chi connectivity index (χ3v) is 5.07.